The number of hydrogen-bond donors (Lipinski definition) is 0. The summed E-state index contributed by atoms with van der Waals surface area (Å²) in [6.07, 6.45) is 0. The molecule has 0 saturated heterocycles. The maximum atomic E-state index is 5.56. The van der Waals surface area contributed by atoms with E-state index in [4.69, 9.17) is 4.42 Å². The van der Waals surface area contributed by atoms with Gasteiger partial charge in [-0.3, -0.25) is 0 Å². The monoisotopic (exact) mass is 295 g/mol. The van der Waals surface area contributed by atoms with Crippen LogP contribution < -0.4 is 0 Å². The number of rotatable bonds is 0. The zero-order valence-corrected chi connectivity index (χ0v) is 9.36. The van der Waals surface area contributed by atoms with Crippen LogP contribution in [-0.4, -0.2) is 4.98 Å². The van der Waals surface area contributed by atoms with E-state index in [1.54, 1.807) is 0 Å². The highest BCUT2D eigenvalue weighted by Crippen LogP contribution is 2.26. The third kappa shape index (κ3) is 1.12. The highest BCUT2D eigenvalue weighted by molar-refractivity contribution is 14.1. The average Bonchev–Trinajstić information content (AvgIpc) is 2.59. The molecule has 68 valence electrons. The van der Waals surface area contributed by atoms with E-state index in [0.29, 0.717) is 3.90 Å². The molecule has 0 amide bonds. The Morgan fingerprint density at radius 1 is 1.07 bits per heavy atom. The Hall–Kier alpha value is -1.10. The summed E-state index contributed by atoms with van der Waals surface area (Å²) >= 11 is 2.09. The topological polar surface area (TPSA) is 26.0 Å². The highest BCUT2D eigenvalue weighted by atomic mass is 127. The second-order valence-electron chi connectivity index (χ2n) is 3.10. The molecule has 3 rings (SSSR count). The molecule has 0 N–H and O–H groups in total. The van der Waals surface area contributed by atoms with Gasteiger partial charge in [0, 0.05) is 28.0 Å². The molecule has 2 nitrogen and oxygen atoms in total. The van der Waals surface area contributed by atoms with E-state index >= 15 is 0 Å². The number of nitrogens with zero attached hydrogens (tertiary/aromatic N) is 1. The lowest BCUT2D eigenvalue weighted by molar-refractivity contribution is 0.569. The van der Waals surface area contributed by atoms with Gasteiger partial charge in [0.2, 0.25) is 0 Å². The van der Waals surface area contributed by atoms with Gasteiger partial charge in [-0.15, -0.1) is 0 Å². The van der Waals surface area contributed by atoms with Crippen LogP contribution in [0.25, 0.3) is 21.9 Å². The third-order valence-electron chi connectivity index (χ3n) is 2.25. The summed E-state index contributed by atoms with van der Waals surface area (Å²) in [6, 6.07) is 12.2. The van der Waals surface area contributed by atoms with Crippen molar-refractivity contribution >= 4 is 44.5 Å². The van der Waals surface area contributed by atoms with Gasteiger partial charge in [0.1, 0.15) is 5.52 Å². The maximum absolute atomic E-state index is 5.56. The first-order valence-corrected chi connectivity index (χ1v) is 5.36. The number of aromatic nitrogens is 1. The predicted octanol–water partition coefficient (Wildman–Crippen LogP) is 3.59. The average molecular weight is 295 g/mol. The standard InChI is InChI=1S/C11H6INO/c12-11-13-9-6-5-7-3-1-2-4-8(7)10(9)14-11/h1-6H. The molecule has 0 fully saturated rings. The van der Waals surface area contributed by atoms with Gasteiger partial charge < -0.3 is 4.42 Å². The Morgan fingerprint density at radius 2 is 1.93 bits per heavy atom. The van der Waals surface area contributed by atoms with E-state index in [1.807, 2.05) is 18.2 Å². The lowest BCUT2D eigenvalue weighted by atomic mass is 10.1. The zero-order valence-electron chi connectivity index (χ0n) is 7.20. The van der Waals surface area contributed by atoms with Gasteiger partial charge in [-0.05, 0) is 11.5 Å². The van der Waals surface area contributed by atoms with Crippen LogP contribution in [-0.2, 0) is 0 Å². The van der Waals surface area contributed by atoms with Gasteiger partial charge in [-0.1, -0.05) is 30.3 Å². The Morgan fingerprint density at radius 3 is 2.86 bits per heavy atom. The van der Waals surface area contributed by atoms with E-state index in [1.165, 1.54) is 5.39 Å². The summed E-state index contributed by atoms with van der Waals surface area (Å²) in [6.45, 7) is 0. The van der Waals surface area contributed by atoms with Gasteiger partial charge in [0.15, 0.2) is 5.58 Å². The van der Waals surface area contributed by atoms with Crippen LogP contribution in [0.4, 0.5) is 0 Å². The van der Waals surface area contributed by atoms with Gasteiger partial charge in [-0.2, -0.15) is 0 Å². The van der Waals surface area contributed by atoms with E-state index < -0.39 is 0 Å². The van der Waals surface area contributed by atoms with Crippen LogP contribution in [0.2, 0.25) is 0 Å². The van der Waals surface area contributed by atoms with E-state index in [9.17, 15) is 0 Å². The minimum atomic E-state index is 0.689. The molecule has 0 aliphatic carbocycles. The lowest BCUT2D eigenvalue weighted by Gasteiger charge is -1.95. The zero-order chi connectivity index (χ0) is 9.54. The first kappa shape index (κ1) is 8.23. The van der Waals surface area contributed by atoms with Crippen molar-refractivity contribution in [3.63, 3.8) is 0 Å². The van der Waals surface area contributed by atoms with Gasteiger partial charge in [0.25, 0.3) is 3.90 Å². The molecular weight excluding hydrogens is 289 g/mol. The summed E-state index contributed by atoms with van der Waals surface area (Å²) < 4.78 is 6.25. The van der Waals surface area contributed by atoms with Crippen molar-refractivity contribution in [3.05, 3.63) is 40.3 Å². The van der Waals surface area contributed by atoms with E-state index in [0.717, 1.165) is 16.5 Å². The quantitative estimate of drug-likeness (QED) is 0.592. The number of fused-ring (bicyclic) bond motifs is 3. The fraction of sp³-hybridized carbons (Fsp3) is 0. The Kier molecular flexibility index (Phi) is 1.73. The number of halogens is 1. The fourth-order valence-electron chi connectivity index (χ4n) is 1.63. The number of benzene rings is 2. The van der Waals surface area contributed by atoms with Crippen LogP contribution in [0.3, 0.4) is 0 Å². The molecule has 0 radical (unpaired) electrons. The predicted molar refractivity (Wildman–Crippen MR) is 64.2 cm³/mol. The normalized spacial score (nSPS) is 11.2. The molecular formula is C11H6INO. The first-order valence-electron chi connectivity index (χ1n) is 4.28. The SMILES string of the molecule is Ic1nc2ccc3ccccc3c2o1. The summed E-state index contributed by atoms with van der Waals surface area (Å²) in [5.74, 6) is 0. The molecule has 0 aliphatic heterocycles. The Balaban J connectivity index is 2.60. The van der Waals surface area contributed by atoms with Gasteiger partial charge >= 0.3 is 0 Å². The molecule has 0 bridgehead atoms. The van der Waals surface area contributed by atoms with E-state index in [-0.39, 0.29) is 0 Å². The fourth-order valence-corrected chi connectivity index (χ4v) is 2.11. The summed E-state index contributed by atoms with van der Waals surface area (Å²) in [5, 5.41) is 2.31. The molecule has 2 aromatic carbocycles. The Bertz CT molecular complexity index is 615. The molecule has 0 atom stereocenters. The molecule has 1 heterocycles. The molecule has 0 unspecified atom stereocenters. The molecule has 3 aromatic rings. The minimum absolute atomic E-state index is 0.689. The van der Waals surface area contributed by atoms with Crippen molar-refractivity contribution in [2.24, 2.45) is 0 Å². The van der Waals surface area contributed by atoms with Gasteiger partial charge in [0.05, 0.1) is 0 Å². The summed E-state index contributed by atoms with van der Waals surface area (Å²) in [5.41, 5.74) is 1.81. The second-order valence-corrected chi connectivity index (χ2v) is 4.02. The summed E-state index contributed by atoms with van der Waals surface area (Å²) in [7, 11) is 0. The third-order valence-corrected chi connectivity index (χ3v) is 2.71. The molecule has 0 saturated carbocycles. The molecule has 14 heavy (non-hydrogen) atoms. The highest BCUT2D eigenvalue weighted by Gasteiger charge is 2.06. The smallest absolute Gasteiger partial charge is 0.258 e. The largest absolute Gasteiger partial charge is 0.431 e. The molecule has 0 spiro atoms. The van der Waals surface area contributed by atoms with Crippen molar-refractivity contribution in [3.8, 4) is 0 Å². The van der Waals surface area contributed by atoms with Crippen molar-refractivity contribution in [1.82, 2.24) is 4.98 Å². The maximum Gasteiger partial charge on any atom is 0.258 e. The molecule has 0 aliphatic rings. The van der Waals surface area contributed by atoms with E-state index in [2.05, 4.69) is 45.8 Å². The van der Waals surface area contributed by atoms with Crippen LogP contribution in [0.15, 0.2) is 40.8 Å². The van der Waals surface area contributed by atoms with Crippen molar-refractivity contribution < 1.29 is 4.42 Å². The number of hydrogen-bond acceptors (Lipinski definition) is 2. The number of oxazole rings is 1. The van der Waals surface area contributed by atoms with Crippen LogP contribution in [0, 0.1) is 3.90 Å². The molecule has 1 aromatic heterocycles. The minimum Gasteiger partial charge on any atom is -0.431 e. The van der Waals surface area contributed by atoms with Crippen molar-refractivity contribution in [2.75, 3.05) is 0 Å². The second kappa shape index (κ2) is 2.95. The van der Waals surface area contributed by atoms with Crippen LogP contribution in [0.1, 0.15) is 0 Å². The van der Waals surface area contributed by atoms with Gasteiger partial charge in [-0.25, -0.2) is 4.98 Å². The summed E-state index contributed by atoms with van der Waals surface area (Å²) in [4.78, 5) is 4.28. The lowest BCUT2D eigenvalue weighted by Crippen LogP contribution is -1.72. The van der Waals surface area contributed by atoms with Crippen molar-refractivity contribution in [1.29, 1.82) is 0 Å². The van der Waals surface area contributed by atoms with Crippen molar-refractivity contribution in [2.45, 2.75) is 0 Å². The molecule has 3 heteroatoms. The van der Waals surface area contributed by atoms with Crippen LogP contribution in [0.5, 0.6) is 0 Å². The first-order chi connectivity index (χ1) is 6.84. The Labute approximate surface area is 94.1 Å². The van der Waals surface area contributed by atoms with Crippen LogP contribution >= 0.6 is 22.6 Å².